The lowest BCUT2D eigenvalue weighted by Crippen LogP contribution is -2.26. The number of benzene rings is 1. The third-order valence-corrected chi connectivity index (χ3v) is 2.22. The normalized spacial score (nSPS) is 12.6. The quantitative estimate of drug-likeness (QED) is 0.842. The van der Waals surface area contributed by atoms with Crippen LogP contribution in [0.2, 0.25) is 5.02 Å². The van der Waals surface area contributed by atoms with Crippen LogP contribution in [0.5, 0.6) is 5.75 Å². The minimum absolute atomic E-state index is 0.0642. The Morgan fingerprint density at radius 2 is 2.29 bits per heavy atom. The first-order valence-electron chi connectivity index (χ1n) is 4.49. The smallest absolute Gasteiger partial charge is 0.183 e. The Balaban J connectivity index is 2.80. The predicted molar refractivity (Wildman–Crippen MR) is 55.2 cm³/mol. The highest BCUT2D eigenvalue weighted by atomic mass is 35.5. The van der Waals surface area contributed by atoms with Gasteiger partial charge in [-0.15, -0.1) is 0 Å². The van der Waals surface area contributed by atoms with Gasteiger partial charge in [-0.25, -0.2) is 4.39 Å². The van der Waals surface area contributed by atoms with Crippen molar-refractivity contribution in [3.8, 4) is 5.75 Å². The lowest BCUT2D eigenvalue weighted by molar-refractivity contribution is 0.196. The van der Waals surface area contributed by atoms with E-state index < -0.39 is 5.82 Å². The first-order chi connectivity index (χ1) is 6.69. The van der Waals surface area contributed by atoms with Gasteiger partial charge in [0.2, 0.25) is 0 Å². The van der Waals surface area contributed by atoms with Crippen molar-refractivity contribution in [2.75, 3.05) is 6.54 Å². The Morgan fingerprint density at radius 3 is 2.86 bits per heavy atom. The Morgan fingerprint density at radius 1 is 1.57 bits per heavy atom. The van der Waals surface area contributed by atoms with Crippen LogP contribution in [0.4, 0.5) is 4.39 Å². The molecule has 2 N–H and O–H groups in total. The van der Waals surface area contributed by atoms with Gasteiger partial charge in [0.15, 0.2) is 11.6 Å². The van der Waals surface area contributed by atoms with Gasteiger partial charge in [-0.2, -0.15) is 0 Å². The van der Waals surface area contributed by atoms with Crippen LogP contribution in [-0.4, -0.2) is 12.6 Å². The summed E-state index contributed by atoms with van der Waals surface area (Å²) in [6.07, 6.45) is 0.575. The summed E-state index contributed by atoms with van der Waals surface area (Å²) in [5, 5.41) is 0.0642. The molecule has 0 fully saturated rings. The van der Waals surface area contributed by atoms with E-state index in [9.17, 15) is 4.39 Å². The minimum atomic E-state index is -0.527. The summed E-state index contributed by atoms with van der Waals surface area (Å²) in [6.45, 7) is 2.29. The van der Waals surface area contributed by atoms with E-state index in [4.69, 9.17) is 22.1 Å². The fourth-order valence-corrected chi connectivity index (χ4v) is 1.22. The highest BCUT2D eigenvalue weighted by Crippen LogP contribution is 2.25. The van der Waals surface area contributed by atoms with E-state index in [1.165, 1.54) is 6.07 Å². The fraction of sp³-hybridized carbons (Fsp3) is 0.400. The maximum atomic E-state index is 13.3. The van der Waals surface area contributed by atoms with Crippen molar-refractivity contribution in [1.82, 2.24) is 0 Å². The lowest BCUT2D eigenvalue weighted by atomic mass is 10.2. The predicted octanol–water partition coefficient (Wildman–Crippen LogP) is 2.60. The molecule has 1 aromatic carbocycles. The minimum Gasteiger partial charge on any atom is -0.486 e. The van der Waals surface area contributed by atoms with E-state index in [0.29, 0.717) is 6.54 Å². The molecule has 0 radical (unpaired) electrons. The largest absolute Gasteiger partial charge is 0.486 e. The maximum absolute atomic E-state index is 13.3. The summed E-state index contributed by atoms with van der Waals surface area (Å²) in [7, 11) is 0. The highest BCUT2D eigenvalue weighted by Gasteiger charge is 2.11. The molecule has 0 saturated carbocycles. The molecule has 0 aliphatic rings. The number of nitrogens with two attached hydrogens (primary N) is 1. The zero-order valence-corrected chi connectivity index (χ0v) is 8.72. The first kappa shape index (κ1) is 11.3. The highest BCUT2D eigenvalue weighted by molar-refractivity contribution is 6.30. The van der Waals surface area contributed by atoms with Crippen LogP contribution in [0, 0.1) is 5.82 Å². The molecule has 0 heterocycles. The molecule has 1 unspecified atom stereocenters. The van der Waals surface area contributed by atoms with E-state index in [1.54, 1.807) is 12.1 Å². The average Bonchev–Trinajstić information content (AvgIpc) is 2.20. The van der Waals surface area contributed by atoms with E-state index in [0.717, 1.165) is 6.42 Å². The van der Waals surface area contributed by atoms with E-state index >= 15 is 0 Å². The van der Waals surface area contributed by atoms with Gasteiger partial charge in [-0.3, -0.25) is 0 Å². The zero-order chi connectivity index (χ0) is 10.6. The van der Waals surface area contributed by atoms with E-state index in [-0.39, 0.29) is 16.9 Å². The summed E-state index contributed by atoms with van der Waals surface area (Å²) < 4.78 is 18.7. The summed E-state index contributed by atoms with van der Waals surface area (Å²) in [4.78, 5) is 0. The summed E-state index contributed by atoms with van der Waals surface area (Å²) in [5.41, 5.74) is 5.44. The van der Waals surface area contributed by atoms with Crippen LogP contribution >= 0.6 is 11.6 Å². The van der Waals surface area contributed by atoms with Gasteiger partial charge >= 0.3 is 0 Å². The van der Waals surface area contributed by atoms with Gasteiger partial charge in [0.25, 0.3) is 0 Å². The number of ether oxygens (including phenoxy) is 1. The molecule has 0 spiro atoms. The lowest BCUT2D eigenvalue weighted by Gasteiger charge is -2.15. The number of hydrogen-bond donors (Lipinski definition) is 1. The summed E-state index contributed by atoms with van der Waals surface area (Å²) >= 11 is 5.60. The Hall–Kier alpha value is -0.800. The topological polar surface area (TPSA) is 35.2 Å². The second-order valence-corrected chi connectivity index (χ2v) is 3.34. The van der Waals surface area contributed by atoms with Crippen LogP contribution < -0.4 is 10.5 Å². The second-order valence-electron chi connectivity index (χ2n) is 2.94. The summed E-state index contributed by atoms with van der Waals surface area (Å²) in [5.74, 6) is -0.365. The van der Waals surface area contributed by atoms with Crippen LogP contribution in [0.1, 0.15) is 13.3 Å². The van der Waals surface area contributed by atoms with E-state index in [2.05, 4.69) is 0 Å². The maximum Gasteiger partial charge on any atom is 0.183 e. The molecular formula is C10H13ClFNO. The van der Waals surface area contributed by atoms with Gasteiger partial charge in [-0.1, -0.05) is 24.6 Å². The van der Waals surface area contributed by atoms with Gasteiger partial charge < -0.3 is 10.5 Å². The Bertz CT molecular complexity index is 302. The SMILES string of the molecule is CCC(CN)Oc1cccc(Cl)c1F. The van der Waals surface area contributed by atoms with Gasteiger partial charge in [0.1, 0.15) is 6.10 Å². The molecule has 1 rings (SSSR count). The number of hydrogen-bond acceptors (Lipinski definition) is 2. The molecule has 0 aromatic heterocycles. The molecule has 0 aliphatic heterocycles. The molecule has 78 valence electrons. The molecule has 4 heteroatoms. The van der Waals surface area contributed by atoms with Crippen molar-refractivity contribution < 1.29 is 9.13 Å². The average molecular weight is 218 g/mol. The fourth-order valence-electron chi connectivity index (χ4n) is 1.05. The monoisotopic (exact) mass is 217 g/mol. The molecule has 0 amide bonds. The number of rotatable bonds is 4. The Kier molecular flexibility index (Phi) is 4.17. The summed E-state index contributed by atoms with van der Waals surface area (Å²) in [6, 6.07) is 4.66. The van der Waals surface area contributed by atoms with Gasteiger partial charge in [-0.05, 0) is 18.6 Å². The van der Waals surface area contributed by atoms with Crippen LogP contribution in [0.3, 0.4) is 0 Å². The molecular weight excluding hydrogens is 205 g/mol. The van der Waals surface area contributed by atoms with Crippen molar-refractivity contribution in [1.29, 1.82) is 0 Å². The van der Waals surface area contributed by atoms with Gasteiger partial charge in [0.05, 0.1) is 5.02 Å². The van der Waals surface area contributed by atoms with Crippen LogP contribution in [-0.2, 0) is 0 Å². The standard InChI is InChI=1S/C10H13ClFNO/c1-2-7(6-13)14-9-5-3-4-8(11)10(9)12/h3-5,7H,2,6,13H2,1H3. The molecule has 0 bridgehead atoms. The molecule has 14 heavy (non-hydrogen) atoms. The molecule has 1 atom stereocenters. The third kappa shape index (κ3) is 2.59. The van der Waals surface area contributed by atoms with E-state index in [1.807, 2.05) is 6.92 Å². The van der Waals surface area contributed by atoms with Crippen molar-refractivity contribution in [2.45, 2.75) is 19.4 Å². The molecule has 2 nitrogen and oxygen atoms in total. The van der Waals surface area contributed by atoms with Crippen LogP contribution in [0.25, 0.3) is 0 Å². The second kappa shape index (κ2) is 5.17. The molecule has 0 aliphatic carbocycles. The molecule has 0 saturated heterocycles. The van der Waals surface area contributed by atoms with Crippen LogP contribution in [0.15, 0.2) is 18.2 Å². The van der Waals surface area contributed by atoms with Crippen molar-refractivity contribution in [3.63, 3.8) is 0 Å². The Labute approximate surface area is 87.8 Å². The van der Waals surface area contributed by atoms with Crippen molar-refractivity contribution in [2.24, 2.45) is 5.73 Å². The molecule has 1 aromatic rings. The third-order valence-electron chi connectivity index (χ3n) is 1.93. The first-order valence-corrected chi connectivity index (χ1v) is 4.87. The van der Waals surface area contributed by atoms with Crippen molar-refractivity contribution >= 4 is 11.6 Å². The zero-order valence-electron chi connectivity index (χ0n) is 7.97. The van der Waals surface area contributed by atoms with Crippen molar-refractivity contribution in [3.05, 3.63) is 29.0 Å². The van der Waals surface area contributed by atoms with Gasteiger partial charge in [0, 0.05) is 6.54 Å². The number of halogens is 2.